The number of carbonyl (C=O) groups excluding carboxylic acids is 2. The maximum atomic E-state index is 12.6. The molecule has 8 nitrogen and oxygen atoms in total. The van der Waals surface area contributed by atoms with Gasteiger partial charge in [-0.1, -0.05) is 30.0 Å². The average Bonchev–Trinajstić information content (AvgIpc) is 3.36. The molecular formula is C22H24N4O4S2. The number of fused-ring (bicyclic) bond motifs is 1. The molecule has 0 bridgehead atoms. The Kier molecular flexibility index (Phi) is 7.11. The van der Waals surface area contributed by atoms with Crippen LogP contribution < -0.4 is 10.1 Å². The van der Waals surface area contributed by atoms with Crippen LogP contribution in [0.4, 0.5) is 5.00 Å². The third-order valence-electron chi connectivity index (χ3n) is 5.18. The minimum absolute atomic E-state index is 0.148. The minimum atomic E-state index is -0.399. The van der Waals surface area contributed by atoms with Gasteiger partial charge in [0.1, 0.15) is 17.4 Å². The lowest BCUT2D eigenvalue weighted by molar-refractivity contribution is -0.113. The van der Waals surface area contributed by atoms with Gasteiger partial charge < -0.3 is 19.4 Å². The Labute approximate surface area is 194 Å². The van der Waals surface area contributed by atoms with Crippen molar-refractivity contribution in [3.8, 4) is 5.75 Å². The number of thiophene rings is 1. The lowest BCUT2D eigenvalue weighted by atomic mass is 9.95. The smallest absolute Gasteiger partial charge is 0.341 e. The van der Waals surface area contributed by atoms with E-state index in [1.54, 1.807) is 0 Å². The topological polar surface area (TPSA) is 95.3 Å². The molecule has 2 aromatic heterocycles. The molecular weight excluding hydrogens is 448 g/mol. The van der Waals surface area contributed by atoms with Gasteiger partial charge in [-0.25, -0.2) is 4.79 Å². The molecule has 1 aliphatic rings. The van der Waals surface area contributed by atoms with E-state index in [1.165, 1.54) is 30.2 Å². The summed E-state index contributed by atoms with van der Waals surface area (Å²) in [6.07, 6.45) is 3.91. The van der Waals surface area contributed by atoms with E-state index in [9.17, 15) is 9.59 Å². The van der Waals surface area contributed by atoms with E-state index in [0.29, 0.717) is 21.5 Å². The highest BCUT2D eigenvalue weighted by Gasteiger charge is 2.27. The molecule has 1 N–H and O–H groups in total. The number of nitrogens with one attached hydrogen (secondary N) is 1. The molecule has 0 radical (unpaired) electrons. The van der Waals surface area contributed by atoms with Gasteiger partial charge in [-0.3, -0.25) is 4.79 Å². The number of aromatic nitrogens is 3. The van der Waals surface area contributed by atoms with Crippen molar-refractivity contribution in [1.29, 1.82) is 0 Å². The molecule has 3 aromatic rings. The van der Waals surface area contributed by atoms with E-state index in [1.807, 2.05) is 41.9 Å². The van der Waals surface area contributed by atoms with Crippen molar-refractivity contribution in [2.24, 2.45) is 7.05 Å². The lowest BCUT2D eigenvalue weighted by Gasteiger charge is -2.11. The number of carbonyl (C=O) groups is 2. The Bertz CT molecular complexity index is 1110. The van der Waals surface area contributed by atoms with Crippen molar-refractivity contribution < 1.29 is 19.1 Å². The number of rotatable bonds is 8. The number of aryl methyl sites for hydroxylation is 1. The lowest BCUT2D eigenvalue weighted by Crippen LogP contribution is -2.17. The molecule has 1 aromatic carbocycles. The normalized spacial score (nSPS) is 12.8. The van der Waals surface area contributed by atoms with Crippen molar-refractivity contribution in [3.63, 3.8) is 0 Å². The van der Waals surface area contributed by atoms with E-state index in [0.717, 1.165) is 41.9 Å². The summed E-state index contributed by atoms with van der Waals surface area (Å²) < 4.78 is 12.5. The second kappa shape index (κ2) is 10.2. The van der Waals surface area contributed by atoms with Crippen LogP contribution in [0.15, 0.2) is 35.5 Å². The highest BCUT2D eigenvalue weighted by molar-refractivity contribution is 7.99. The second-order valence-electron chi connectivity index (χ2n) is 7.30. The minimum Gasteiger partial charge on any atom is -0.486 e. The van der Waals surface area contributed by atoms with Crippen LogP contribution in [0.3, 0.4) is 0 Å². The van der Waals surface area contributed by atoms with Crippen LogP contribution in [0.2, 0.25) is 0 Å². The molecule has 0 unspecified atom stereocenters. The number of benzene rings is 1. The van der Waals surface area contributed by atoms with Crippen molar-refractivity contribution in [1.82, 2.24) is 14.8 Å². The van der Waals surface area contributed by atoms with Crippen LogP contribution in [-0.2, 0) is 36.0 Å². The average molecular weight is 473 g/mol. The third kappa shape index (κ3) is 4.97. The van der Waals surface area contributed by atoms with Crippen molar-refractivity contribution in [2.45, 2.75) is 37.4 Å². The summed E-state index contributed by atoms with van der Waals surface area (Å²) in [5.74, 6) is 0.960. The summed E-state index contributed by atoms with van der Waals surface area (Å²) in [6, 6.07) is 9.49. The highest BCUT2D eigenvalue weighted by Crippen LogP contribution is 2.38. The number of ether oxygens (including phenoxy) is 2. The Morgan fingerprint density at radius 2 is 1.97 bits per heavy atom. The van der Waals surface area contributed by atoms with Gasteiger partial charge in [-0.2, -0.15) is 0 Å². The van der Waals surface area contributed by atoms with E-state index >= 15 is 0 Å². The number of amides is 1. The molecule has 4 rings (SSSR count). The first-order chi connectivity index (χ1) is 15.6. The van der Waals surface area contributed by atoms with Crippen LogP contribution in [0, 0.1) is 0 Å². The number of esters is 1. The molecule has 0 aliphatic heterocycles. The zero-order valence-corrected chi connectivity index (χ0v) is 19.6. The van der Waals surface area contributed by atoms with E-state index in [-0.39, 0.29) is 18.3 Å². The SMILES string of the molecule is COC(=O)c1c(NC(=O)CSc2nnc(COc3ccccc3)n2C)sc2c1CCCC2. The molecule has 10 heteroatoms. The zero-order valence-electron chi connectivity index (χ0n) is 17.9. The quantitative estimate of drug-likeness (QED) is 0.393. The monoisotopic (exact) mass is 472 g/mol. The Hall–Kier alpha value is -2.85. The van der Waals surface area contributed by atoms with Crippen LogP contribution >= 0.6 is 23.1 Å². The molecule has 2 heterocycles. The van der Waals surface area contributed by atoms with Gasteiger partial charge in [0.2, 0.25) is 5.91 Å². The molecule has 0 spiro atoms. The van der Waals surface area contributed by atoms with Crippen molar-refractivity contribution >= 4 is 40.0 Å². The summed E-state index contributed by atoms with van der Waals surface area (Å²) in [5.41, 5.74) is 1.52. The van der Waals surface area contributed by atoms with E-state index in [4.69, 9.17) is 9.47 Å². The predicted molar refractivity (Wildman–Crippen MR) is 123 cm³/mol. The van der Waals surface area contributed by atoms with Crippen molar-refractivity contribution in [2.75, 3.05) is 18.2 Å². The molecule has 1 amide bonds. The van der Waals surface area contributed by atoms with Gasteiger partial charge in [0.25, 0.3) is 0 Å². The second-order valence-corrected chi connectivity index (χ2v) is 9.35. The maximum absolute atomic E-state index is 12.6. The number of para-hydroxylation sites is 1. The molecule has 1 aliphatic carbocycles. The zero-order chi connectivity index (χ0) is 22.5. The van der Waals surface area contributed by atoms with E-state index < -0.39 is 5.97 Å². The fourth-order valence-electron chi connectivity index (χ4n) is 3.53. The molecule has 0 atom stereocenters. The number of anilines is 1. The van der Waals surface area contributed by atoms with Gasteiger partial charge in [-0.15, -0.1) is 21.5 Å². The summed E-state index contributed by atoms with van der Waals surface area (Å²) >= 11 is 2.76. The van der Waals surface area contributed by atoms with Crippen LogP contribution in [0.25, 0.3) is 0 Å². The van der Waals surface area contributed by atoms with Gasteiger partial charge in [0.05, 0.1) is 18.4 Å². The first-order valence-corrected chi connectivity index (χ1v) is 12.1. The molecule has 0 saturated heterocycles. The van der Waals surface area contributed by atoms with Crippen molar-refractivity contribution in [3.05, 3.63) is 52.2 Å². The molecule has 0 fully saturated rings. The fourth-order valence-corrected chi connectivity index (χ4v) is 5.55. The Balaban J connectivity index is 1.37. The van der Waals surface area contributed by atoms with Crippen LogP contribution in [0.1, 0.15) is 39.5 Å². The molecule has 168 valence electrons. The Morgan fingerprint density at radius 3 is 2.75 bits per heavy atom. The summed E-state index contributed by atoms with van der Waals surface area (Å²) in [4.78, 5) is 26.1. The fraction of sp³-hybridized carbons (Fsp3) is 0.364. The number of methoxy groups -OCH3 is 1. The third-order valence-corrected chi connectivity index (χ3v) is 7.41. The van der Waals surface area contributed by atoms with Crippen LogP contribution in [-0.4, -0.2) is 39.5 Å². The summed E-state index contributed by atoms with van der Waals surface area (Å²) in [7, 11) is 3.20. The van der Waals surface area contributed by atoms with Gasteiger partial charge >= 0.3 is 5.97 Å². The summed E-state index contributed by atoms with van der Waals surface area (Å²) in [5, 5.41) is 12.4. The standard InChI is InChI=1S/C22H24N4O4S2/c1-26-17(12-30-14-8-4-3-5-9-14)24-25-22(26)31-13-18(27)23-20-19(21(28)29-2)15-10-6-7-11-16(15)32-20/h3-5,8-9H,6-7,10-13H2,1-2H3,(H,23,27). The maximum Gasteiger partial charge on any atom is 0.341 e. The summed E-state index contributed by atoms with van der Waals surface area (Å²) in [6.45, 7) is 0.281. The number of nitrogens with zero attached hydrogens (tertiary/aromatic N) is 3. The largest absolute Gasteiger partial charge is 0.486 e. The Morgan fingerprint density at radius 1 is 1.19 bits per heavy atom. The number of hydrogen-bond acceptors (Lipinski definition) is 8. The molecule has 32 heavy (non-hydrogen) atoms. The van der Waals surface area contributed by atoms with Gasteiger partial charge in [0, 0.05) is 11.9 Å². The van der Waals surface area contributed by atoms with Gasteiger partial charge in [-0.05, 0) is 43.4 Å². The number of hydrogen-bond donors (Lipinski definition) is 1. The van der Waals surface area contributed by atoms with Gasteiger partial charge in [0.15, 0.2) is 11.0 Å². The highest BCUT2D eigenvalue weighted by atomic mass is 32.2. The number of thioether (sulfide) groups is 1. The van der Waals surface area contributed by atoms with Crippen LogP contribution in [0.5, 0.6) is 5.75 Å². The molecule has 0 saturated carbocycles. The first kappa shape index (κ1) is 22.3. The first-order valence-electron chi connectivity index (χ1n) is 10.3. The van der Waals surface area contributed by atoms with E-state index in [2.05, 4.69) is 15.5 Å². The predicted octanol–water partition coefficient (Wildman–Crippen LogP) is 3.85.